The third-order valence-corrected chi connectivity index (χ3v) is 0. The molecule has 6 heteroatoms. The molecule has 0 radical (unpaired) electrons. The van der Waals surface area contributed by atoms with Gasteiger partial charge >= 0.3 is 52.8 Å². The SMILES string of the molecule is OB(O)O.[Gd].[SrH2]. The van der Waals surface area contributed by atoms with Crippen molar-refractivity contribution in [3.8, 4) is 0 Å². The van der Waals surface area contributed by atoms with Crippen LogP contribution in [0.15, 0.2) is 0 Å². The summed E-state index contributed by atoms with van der Waals surface area (Å²) >= 11 is 0. The van der Waals surface area contributed by atoms with Gasteiger partial charge in [-0.05, 0) is 0 Å². The Balaban J connectivity index is -0.0000000450. The van der Waals surface area contributed by atoms with Crippen LogP contribution in [-0.2, 0) is 0 Å². The molecule has 0 rings (SSSR count). The van der Waals surface area contributed by atoms with E-state index in [0.29, 0.717) is 0 Å². The van der Waals surface area contributed by atoms with E-state index >= 15 is 0 Å². The van der Waals surface area contributed by atoms with E-state index in [2.05, 4.69) is 0 Å². The van der Waals surface area contributed by atoms with Gasteiger partial charge in [-0.15, -0.1) is 0 Å². The van der Waals surface area contributed by atoms with Crippen LogP contribution in [0.3, 0.4) is 0 Å². The predicted octanol–water partition coefficient (Wildman–Crippen LogP) is -2.97. The molecule has 0 aromatic carbocycles. The van der Waals surface area contributed by atoms with Gasteiger partial charge in [0.15, 0.2) is 0 Å². The van der Waals surface area contributed by atoms with E-state index in [1.165, 1.54) is 0 Å². The zero-order valence-electron chi connectivity index (χ0n) is 2.27. The van der Waals surface area contributed by atoms with Gasteiger partial charge in [0.2, 0.25) is 0 Å². The van der Waals surface area contributed by atoms with E-state index in [4.69, 9.17) is 15.1 Å². The monoisotopic (exact) mass is 310 g/mol. The van der Waals surface area contributed by atoms with E-state index in [1.54, 1.807) is 0 Å². The number of rotatable bonds is 0. The molecule has 0 spiro atoms. The van der Waals surface area contributed by atoms with Crippen molar-refractivity contribution in [3.05, 3.63) is 0 Å². The van der Waals surface area contributed by atoms with Crippen LogP contribution in [-0.4, -0.2) is 67.9 Å². The molecule has 0 saturated heterocycles. The van der Waals surface area contributed by atoms with E-state index in [1.807, 2.05) is 0 Å². The average Bonchev–Trinajstić information content (AvgIpc) is 0.811. The second kappa shape index (κ2) is 10.7. The molecular weight excluding hydrogens is 304 g/mol. The first-order valence-corrected chi connectivity index (χ1v) is 0.775. The summed E-state index contributed by atoms with van der Waals surface area (Å²) in [5.74, 6) is 0. The van der Waals surface area contributed by atoms with Gasteiger partial charge in [-0.1, -0.05) is 0 Å². The van der Waals surface area contributed by atoms with Crippen molar-refractivity contribution in [2.45, 2.75) is 0 Å². The van der Waals surface area contributed by atoms with Crippen molar-refractivity contribution in [2.75, 3.05) is 0 Å². The van der Waals surface area contributed by atoms with Gasteiger partial charge in [-0.3, -0.25) is 0 Å². The summed E-state index contributed by atoms with van der Waals surface area (Å²) < 4.78 is 0. The minimum atomic E-state index is -2.17. The van der Waals surface area contributed by atoms with Gasteiger partial charge in [0, 0.05) is 39.9 Å². The average molecular weight is 309 g/mol. The van der Waals surface area contributed by atoms with E-state index in [0.717, 1.165) is 0 Å². The Morgan fingerprint density at radius 3 is 1.00 bits per heavy atom. The van der Waals surface area contributed by atoms with Crippen molar-refractivity contribution in [3.63, 3.8) is 0 Å². The topological polar surface area (TPSA) is 60.7 Å². The van der Waals surface area contributed by atoms with E-state index in [9.17, 15) is 0 Å². The van der Waals surface area contributed by atoms with Crippen LogP contribution in [0, 0.1) is 39.9 Å². The molecule has 36 valence electrons. The van der Waals surface area contributed by atoms with Crippen LogP contribution >= 0.6 is 0 Å². The van der Waals surface area contributed by atoms with Crippen LogP contribution in [0.5, 0.6) is 0 Å². The van der Waals surface area contributed by atoms with E-state index in [-0.39, 0.29) is 85.4 Å². The molecule has 0 aliphatic rings. The van der Waals surface area contributed by atoms with Gasteiger partial charge in [0.05, 0.1) is 0 Å². The fraction of sp³-hybridized carbons (Fsp3) is 0. The molecule has 0 aromatic heterocycles. The summed E-state index contributed by atoms with van der Waals surface area (Å²) in [6.45, 7) is 0. The van der Waals surface area contributed by atoms with Crippen LogP contribution in [0.4, 0.5) is 0 Å². The second-order valence-electron chi connectivity index (χ2n) is 0.346. The minimum absolute atomic E-state index is 0. The zero-order valence-corrected chi connectivity index (χ0v) is 4.54. The van der Waals surface area contributed by atoms with Crippen molar-refractivity contribution < 1.29 is 55.0 Å². The van der Waals surface area contributed by atoms with Crippen molar-refractivity contribution in [2.24, 2.45) is 0 Å². The van der Waals surface area contributed by atoms with Crippen LogP contribution in [0.2, 0.25) is 0 Å². The van der Waals surface area contributed by atoms with Crippen molar-refractivity contribution in [1.29, 1.82) is 0 Å². The fourth-order valence-electron chi connectivity index (χ4n) is 0. The molecule has 6 heavy (non-hydrogen) atoms. The summed E-state index contributed by atoms with van der Waals surface area (Å²) in [7, 11) is -2.17. The van der Waals surface area contributed by atoms with Crippen molar-refractivity contribution in [1.82, 2.24) is 0 Å². The molecule has 0 fully saturated rings. The molecule has 0 aromatic rings. The summed E-state index contributed by atoms with van der Waals surface area (Å²) in [4.78, 5) is 0. The number of hydrogen-bond donors (Lipinski definition) is 3. The van der Waals surface area contributed by atoms with Gasteiger partial charge in [-0.2, -0.15) is 0 Å². The van der Waals surface area contributed by atoms with Crippen LogP contribution in [0.1, 0.15) is 0 Å². The fourth-order valence-corrected chi connectivity index (χ4v) is 0. The summed E-state index contributed by atoms with van der Waals surface area (Å²) in [5, 5.41) is 21.5. The third-order valence-electron chi connectivity index (χ3n) is 0. The molecule has 0 aliphatic carbocycles. The maximum absolute atomic E-state index is 7.17. The summed E-state index contributed by atoms with van der Waals surface area (Å²) in [6, 6.07) is 0. The Morgan fingerprint density at radius 2 is 1.00 bits per heavy atom. The second-order valence-corrected chi connectivity index (χ2v) is 0.346. The van der Waals surface area contributed by atoms with Gasteiger partial charge in [-0.25, -0.2) is 0 Å². The summed E-state index contributed by atoms with van der Waals surface area (Å²) in [6.07, 6.45) is 0. The molecule has 0 bridgehead atoms. The first kappa shape index (κ1) is 15.9. The van der Waals surface area contributed by atoms with Crippen LogP contribution in [0.25, 0.3) is 0 Å². The first-order chi connectivity index (χ1) is 1.73. The Hall–Kier alpha value is 2.75. The van der Waals surface area contributed by atoms with Gasteiger partial charge < -0.3 is 15.1 Å². The molecule has 0 saturated carbocycles. The Kier molecular flexibility index (Phi) is 28.3. The molecule has 0 amide bonds. The molecule has 3 N–H and O–H groups in total. The van der Waals surface area contributed by atoms with Gasteiger partial charge in [0.25, 0.3) is 0 Å². The van der Waals surface area contributed by atoms with Gasteiger partial charge in [0.1, 0.15) is 0 Å². The van der Waals surface area contributed by atoms with Crippen LogP contribution < -0.4 is 0 Å². The molecule has 0 aliphatic heterocycles. The first-order valence-electron chi connectivity index (χ1n) is 0.775. The third kappa shape index (κ3) is 29.5. The standard InChI is InChI=1S/BH3O3.Gd.Sr.2H/c2-1(3)4;;;;/h2-4H;;;;. The Bertz CT molecular complexity index is 15.5. The summed E-state index contributed by atoms with van der Waals surface area (Å²) in [5.41, 5.74) is 0. The maximum atomic E-state index is 7.17. The molecule has 0 atom stereocenters. The Morgan fingerprint density at radius 1 is 1.00 bits per heavy atom. The predicted molar refractivity (Wildman–Crippen MR) is 21.0 cm³/mol. The molecule has 0 heterocycles. The Labute approximate surface area is 105 Å². The van der Waals surface area contributed by atoms with E-state index < -0.39 is 7.32 Å². The molecule has 3 nitrogen and oxygen atoms in total. The quantitative estimate of drug-likeness (QED) is 0.419. The molecule has 0 unspecified atom stereocenters. The number of hydrogen-bond acceptors (Lipinski definition) is 3. The normalized spacial score (nSPS) is 4.50. The zero-order chi connectivity index (χ0) is 3.58. The van der Waals surface area contributed by atoms with Crippen molar-refractivity contribution >= 4 is 52.8 Å². The molecular formula is H5BGdO3Sr.